The van der Waals surface area contributed by atoms with Crippen LogP contribution in [0.2, 0.25) is 5.02 Å². The SMILES string of the molecule is CC[C@H](C)[C@H](CO)N1C(=O)[C@@H]2[C@@H]3C(=O)OCCC=C[C@]3(C)S[C@@]23C=CCN(c2ccccc2Cl)C(=O)C13. The fourth-order valence-corrected chi connectivity index (χ4v) is 8.86. The first-order valence-electron chi connectivity index (χ1n) is 12.9. The van der Waals surface area contributed by atoms with E-state index >= 15 is 0 Å². The molecule has 2 saturated heterocycles. The number of ether oxygens (including phenoxy) is 1. The molecule has 1 aromatic rings. The van der Waals surface area contributed by atoms with Crippen LogP contribution in [0.3, 0.4) is 0 Å². The Hall–Kier alpha value is -2.29. The molecule has 0 saturated carbocycles. The average Bonchev–Trinajstić information content (AvgIpc) is 3.19. The lowest BCUT2D eigenvalue weighted by atomic mass is 9.74. The highest BCUT2D eigenvalue weighted by Gasteiger charge is 2.74. The highest BCUT2D eigenvalue weighted by molar-refractivity contribution is 8.02. The highest BCUT2D eigenvalue weighted by atomic mass is 35.5. The van der Waals surface area contributed by atoms with Gasteiger partial charge in [0.2, 0.25) is 5.91 Å². The first kappa shape index (κ1) is 26.3. The van der Waals surface area contributed by atoms with E-state index < -0.39 is 39.4 Å². The van der Waals surface area contributed by atoms with Gasteiger partial charge in [0.25, 0.3) is 5.91 Å². The molecule has 7 atom stereocenters. The summed E-state index contributed by atoms with van der Waals surface area (Å²) in [4.78, 5) is 45.6. The molecule has 2 amide bonds. The number of aliphatic hydroxyl groups excluding tert-OH is 1. The third-order valence-corrected chi connectivity index (χ3v) is 10.6. The smallest absolute Gasteiger partial charge is 0.311 e. The van der Waals surface area contributed by atoms with E-state index in [1.54, 1.807) is 28.0 Å². The van der Waals surface area contributed by atoms with Crippen LogP contribution in [0, 0.1) is 17.8 Å². The summed E-state index contributed by atoms with van der Waals surface area (Å²) in [7, 11) is 0. The van der Waals surface area contributed by atoms with Gasteiger partial charge in [-0.05, 0) is 31.4 Å². The van der Waals surface area contributed by atoms with Gasteiger partial charge in [-0.3, -0.25) is 14.4 Å². The minimum Gasteiger partial charge on any atom is -0.465 e. The first-order chi connectivity index (χ1) is 17.7. The van der Waals surface area contributed by atoms with Gasteiger partial charge in [0.05, 0.1) is 46.5 Å². The second kappa shape index (κ2) is 9.79. The summed E-state index contributed by atoms with van der Waals surface area (Å²) < 4.78 is 3.86. The van der Waals surface area contributed by atoms with Gasteiger partial charge in [0.15, 0.2) is 0 Å². The van der Waals surface area contributed by atoms with Gasteiger partial charge < -0.3 is 19.6 Å². The van der Waals surface area contributed by atoms with Crippen molar-refractivity contribution in [2.75, 3.05) is 24.7 Å². The summed E-state index contributed by atoms with van der Waals surface area (Å²) in [6.45, 7) is 6.19. The Bertz CT molecular complexity index is 1170. The summed E-state index contributed by atoms with van der Waals surface area (Å²) in [6.07, 6.45) is 9.20. The van der Waals surface area contributed by atoms with Gasteiger partial charge in [-0.15, -0.1) is 11.8 Å². The molecule has 198 valence electrons. The van der Waals surface area contributed by atoms with Crippen LogP contribution in [0.15, 0.2) is 48.6 Å². The summed E-state index contributed by atoms with van der Waals surface area (Å²) >= 11 is 8.02. The van der Waals surface area contributed by atoms with E-state index in [4.69, 9.17) is 16.3 Å². The van der Waals surface area contributed by atoms with Crippen LogP contribution in [-0.4, -0.2) is 69.1 Å². The molecule has 4 heterocycles. The van der Waals surface area contributed by atoms with E-state index in [1.165, 1.54) is 11.8 Å². The normalized spacial score (nSPS) is 34.7. The number of carbonyl (C=O) groups is 3. The molecule has 9 heteroatoms. The van der Waals surface area contributed by atoms with Crippen LogP contribution < -0.4 is 4.90 Å². The molecule has 0 aromatic heterocycles. The van der Waals surface area contributed by atoms with E-state index in [0.717, 1.165) is 6.42 Å². The van der Waals surface area contributed by atoms with Crippen molar-refractivity contribution in [1.82, 2.24) is 4.90 Å². The Morgan fingerprint density at radius 1 is 1.16 bits per heavy atom. The number of hydrogen-bond acceptors (Lipinski definition) is 6. The molecule has 1 N–H and O–H groups in total. The van der Waals surface area contributed by atoms with Crippen LogP contribution in [0.4, 0.5) is 5.69 Å². The van der Waals surface area contributed by atoms with Crippen molar-refractivity contribution >= 4 is 46.8 Å². The standard InChI is InChI=1S/C28H33ClN2O5S/c1-4-17(2)20(16-32)31-23-25(34)30(19-11-6-5-10-18(19)29)14-9-13-28(23)21(24(31)33)22-26(35)36-15-8-7-12-27(22,3)37-28/h5-7,9-13,17,20-23,32H,4,8,14-16H2,1-3H3/t17-,20-,21-,22+,23?,27-,28-/m0/s1. The number of carbonyl (C=O) groups excluding carboxylic acids is 3. The number of benzene rings is 1. The molecular formula is C28H33ClN2O5S. The zero-order valence-electron chi connectivity index (χ0n) is 21.3. The van der Waals surface area contributed by atoms with E-state index in [9.17, 15) is 19.5 Å². The number of rotatable bonds is 5. The Morgan fingerprint density at radius 3 is 2.62 bits per heavy atom. The van der Waals surface area contributed by atoms with E-state index in [0.29, 0.717) is 17.1 Å². The number of thioether (sulfide) groups is 1. The number of anilines is 1. The van der Waals surface area contributed by atoms with E-state index in [1.807, 2.05) is 51.1 Å². The maximum atomic E-state index is 14.5. The molecule has 0 bridgehead atoms. The number of hydrogen-bond donors (Lipinski definition) is 1. The molecule has 0 aliphatic carbocycles. The highest BCUT2D eigenvalue weighted by Crippen LogP contribution is 2.65. The second-order valence-electron chi connectivity index (χ2n) is 10.5. The number of halogens is 1. The number of amides is 2. The minimum atomic E-state index is -1.00. The third kappa shape index (κ3) is 3.94. The van der Waals surface area contributed by atoms with Crippen LogP contribution >= 0.6 is 23.4 Å². The minimum absolute atomic E-state index is 0.0563. The Labute approximate surface area is 226 Å². The van der Waals surface area contributed by atoms with E-state index in [2.05, 4.69) is 0 Å². The van der Waals surface area contributed by atoms with E-state index in [-0.39, 0.29) is 37.5 Å². The maximum Gasteiger partial charge on any atom is 0.311 e. The predicted molar refractivity (Wildman–Crippen MR) is 144 cm³/mol. The van der Waals surface area contributed by atoms with Crippen molar-refractivity contribution in [3.8, 4) is 0 Å². The quantitative estimate of drug-likeness (QED) is 0.448. The molecule has 37 heavy (non-hydrogen) atoms. The van der Waals surface area contributed by atoms with Crippen molar-refractivity contribution in [1.29, 1.82) is 0 Å². The lowest BCUT2D eigenvalue weighted by Gasteiger charge is -2.41. The Morgan fingerprint density at radius 2 is 1.92 bits per heavy atom. The van der Waals surface area contributed by atoms with Gasteiger partial charge in [-0.1, -0.05) is 68.3 Å². The van der Waals surface area contributed by atoms with Crippen LogP contribution in [0.25, 0.3) is 0 Å². The Kier molecular flexibility index (Phi) is 6.96. The van der Waals surface area contributed by atoms with Crippen LogP contribution in [0.5, 0.6) is 0 Å². The van der Waals surface area contributed by atoms with Gasteiger partial charge in [-0.25, -0.2) is 0 Å². The monoisotopic (exact) mass is 544 g/mol. The topological polar surface area (TPSA) is 87.2 Å². The van der Waals surface area contributed by atoms with Crippen molar-refractivity contribution < 1.29 is 24.2 Å². The average molecular weight is 545 g/mol. The molecular weight excluding hydrogens is 512 g/mol. The molecule has 1 spiro atoms. The first-order valence-corrected chi connectivity index (χ1v) is 14.1. The molecule has 1 aromatic carbocycles. The number of aliphatic hydroxyl groups is 1. The van der Waals surface area contributed by atoms with Gasteiger partial charge in [-0.2, -0.15) is 0 Å². The zero-order valence-corrected chi connectivity index (χ0v) is 22.9. The number of cyclic esters (lactones) is 1. The lowest BCUT2D eigenvalue weighted by Crippen LogP contribution is -2.58. The fourth-order valence-electron chi connectivity index (χ4n) is 6.49. The number of para-hydroxylation sites is 1. The molecule has 2 fully saturated rings. The summed E-state index contributed by atoms with van der Waals surface area (Å²) in [5.74, 6) is -2.57. The van der Waals surface area contributed by atoms with Crippen molar-refractivity contribution in [3.05, 3.63) is 53.6 Å². The summed E-state index contributed by atoms with van der Waals surface area (Å²) in [5.41, 5.74) is 0.565. The van der Waals surface area contributed by atoms with Crippen LogP contribution in [-0.2, 0) is 19.1 Å². The van der Waals surface area contributed by atoms with Crippen LogP contribution in [0.1, 0.15) is 33.6 Å². The maximum absolute atomic E-state index is 14.5. The van der Waals surface area contributed by atoms with Crippen molar-refractivity contribution in [2.45, 2.75) is 55.2 Å². The van der Waals surface area contributed by atoms with Crippen molar-refractivity contribution in [3.63, 3.8) is 0 Å². The molecule has 0 radical (unpaired) electrons. The predicted octanol–water partition coefficient (Wildman–Crippen LogP) is 3.84. The molecule has 4 aliphatic heterocycles. The summed E-state index contributed by atoms with van der Waals surface area (Å²) in [5, 5.41) is 10.9. The third-order valence-electron chi connectivity index (χ3n) is 8.45. The zero-order chi connectivity index (χ0) is 26.5. The Balaban J connectivity index is 1.71. The fraction of sp³-hybridized carbons (Fsp3) is 0.536. The van der Waals surface area contributed by atoms with Gasteiger partial charge in [0.1, 0.15) is 6.04 Å². The number of likely N-dealkylation sites (tertiary alicyclic amines) is 1. The van der Waals surface area contributed by atoms with Crippen molar-refractivity contribution in [2.24, 2.45) is 17.8 Å². The second-order valence-corrected chi connectivity index (χ2v) is 12.7. The molecule has 1 unspecified atom stereocenters. The molecule has 4 aliphatic rings. The van der Waals surface area contributed by atoms with Gasteiger partial charge in [0, 0.05) is 11.3 Å². The molecule has 7 nitrogen and oxygen atoms in total. The largest absolute Gasteiger partial charge is 0.465 e. The lowest BCUT2D eigenvalue weighted by molar-refractivity contribution is -0.155. The summed E-state index contributed by atoms with van der Waals surface area (Å²) in [6, 6.07) is 5.67. The molecule has 5 rings (SSSR count). The van der Waals surface area contributed by atoms with Gasteiger partial charge >= 0.3 is 5.97 Å². The number of esters is 1. The number of fused-ring (bicyclic) bond motifs is 2. The number of nitrogens with zero attached hydrogens (tertiary/aromatic N) is 2.